The van der Waals surface area contributed by atoms with Crippen LogP contribution in [-0.2, 0) is 0 Å². The quantitative estimate of drug-likeness (QED) is 0.435. The van der Waals surface area contributed by atoms with Crippen molar-refractivity contribution < 1.29 is 4.92 Å². The van der Waals surface area contributed by atoms with Crippen LogP contribution in [0.25, 0.3) is 10.8 Å². The highest BCUT2D eigenvalue weighted by molar-refractivity contribution is 6.00. The largest absolute Gasteiger partial charge is 0.399 e. The number of nitro benzene ring substituents is 1. The van der Waals surface area contributed by atoms with Gasteiger partial charge in [0.15, 0.2) is 0 Å². The number of pyridine rings is 1. The van der Waals surface area contributed by atoms with E-state index in [1.165, 1.54) is 12.3 Å². The number of fused-ring (bicyclic) bond motifs is 1. The number of anilines is 3. The molecule has 3 N–H and O–H groups in total. The lowest BCUT2D eigenvalue weighted by molar-refractivity contribution is -0.383. The minimum Gasteiger partial charge on any atom is -0.399 e. The van der Waals surface area contributed by atoms with Crippen molar-refractivity contribution in [1.82, 2.24) is 4.98 Å². The number of nitro groups is 1. The molecule has 6 heteroatoms. The van der Waals surface area contributed by atoms with Crippen molar-refractivity contribution >= 4 is 33.5 Å². The maximum Gasteiger partial charge on any atom is 0.278 e. The van der Waals surface area contributed by atoms with E-state index in [2.05, 4.69) is 10.3 Å². The van der Waals surface area contributed by atoms with Crippen molar-refractivity contribution in [2.45, 2.75) is 0 Å². The Labute approximate surface area is 120 Å². The van der Waals surface area contributed by atoms with E-state index in [4.69, 9.17) is 5.73 Å². The summed E-state index contributed by atoms with van der Waals surface area (Å²) in [4.78, 5) is 14.6. The Kier molecular flexibility index (Phi) is 3.12. The van der Waals surface area contributed by atoms with Gasteiger partial charge in [-0.05, 0) is 36.4 Å². The predicted octanol–water partition coefficient (Wildman–Crippen LogP) is 3.47. The van der Waals surface area contributed by atoms with Crippen molar-refractivity contribution in [3.8, 4) is 0 Å². The summed E-state index contributed by atoms with van der Waals surface area (Å²) in [6.07, 6.45) is 3.11. The molecule has 2 aromatic carbocycles. The molecular formula is C15H12N4O2. The van der Waals surface area contributed by atoms with E-state index in [9.17, 15) is 10.1 Å². The van der Waals surface area contributed by atoms with Crippen LogP contribution in [0, 0.1) is 10.1 Å². The SMILES string of the molecule is Nc1ccc(Nc2ccc([N+](=O)[O-])c3cnccc23)cc1. The molecule has 0 radical (unpaired) electrons. The monoisotopic (exact) mass is 280 g/mol. The lowest BCUT2D eigenvalue weighted by Gasteiger charge is -2.10. The second kappa shape index (κ2) is 5.09. The summed E-state index contributed by atoms with van der Waals surface area (Å²) in [6.45, 7) is 0. The van der Waals surface area contributed by atoms with Gasteiger partial charge in [0, 0.05) is 40.9 Å². The number of non-ortho nitro benzene ring substituents is 1. The fourth-order valence-corrected chi connectivity index (χ4v) is 2.17. The molecule has 0 saturated heterocycles. The van der Waals surface area contributed by atoms with Crippen LogP contribution >= 0.6 is 0 Å². The standard InChI is InChI=1S/C15H12N4O2/c16-10-1-3-11(4-2-10)18-14-5-6-15(19(20)21)13-9-17-8-7-12(13)14/h1-9,18H,16H2. The molecule has 1 aromatic heterocycles. The summed E-state index contributed by atoms with van der Waals surface area (Å²) in [5.41, 5.74) is 8.01. The Hall–Kier alpha value is -3.15. The fourth-order valence-electron chi connectivity index (χ4n) is 2.17. The third-order valence-electron chi connectivity index (χ3n) is 3.18. The number of hydrogen-bond acceptors (Lipinski definition) is 5. The summed E-state index contributed by atoms with van der Waals surface area (Å²) in [7, 11) is 0. The lowest BCUT2D eigenvalue weighted by Crippen LogP contribution is -1.95. The third-order valence-corrected chi connectivity index (χ3v) is 3.18. The smallest absolute Gasteiger partial charge is 0.278 e. The van der Waals surface area contributed by atoms with E-state index < -0.39 is 4.92 Å². The van der Waals surface area contributed by atoms with Crippen LogP contribution in [0.5, 0.6) is 0 Å². The van der Waals surface area contributed by atoms with Crippen molar-refractivity contribution in [1.29, 1.82) is 0 Å². The molecule has 0 amide bonds. The van der Waals surface area contributed by atoms with Crippen LogP contribution in [-0.4, -0.2) is 9.91 Å². The van der Waals surface area contributed by atoms with Gasteiger partial charge in [0.05, 0.1) is 10.3 Å². The van der Waals surface area contributed by atoms with Crippen LogP contribution in [0.4, 0.5) is 22.7 Å². The molecule has 0 unspecified atom stereocenters. The van der Waals surface area contributed by atoms with Crippen molar-refractivity contribution in [3.05, 3.63) is 65.0 Å². The van der Waals surface area contributed by atoms with Gasteiger partial charge in [0.25, 0.3) is 5.69 Å². The third kappa shape index (κ3) is 2.46. The highest BCUT2D eigenvalue weighted by Gasteiger charge is 2.14. The van der Waals surface area contributed by atoms with E-state index in [1.54, 1.807) is 30.5 Å². The molecule has 0 atom stereocenters. The fraction of sp³-hybridized carbons (Fsp3) is 0. The number of benzene rings is 2. The molecule has 6 nitrogen and oxygen atoms in total. The topological polar surface area (TPSA) is 94.1 Å². The first-order valence-corrected chi connectivity index (χ1v) is 6.29. The molecule has 0 aliphatic rings. The normalized spacial score (nSPS) is 10.5. The Morgan fingerprint density at radius 2 is 1.81 bits per heavy atom. The first-order valence-electron chi connectivity index (χ1n) is 6.29. The highest BCUT2D eigenvalue weighted by atomic mass is 16.6. The van der Waals surface area contributed by atoms with Gasteiger partial charge < -0.3 is 11.1 Å². The van der Waals surface area contributed by atoms with Crippen molar-refractivity contribution in [2.24, 2.45) is 0 Å². The maximum atomic E-state index is 11.1. The van der Waals surface area contributed by atoms with Gasteiger partial charge in [0.1, 0.15) is 0 Å². The second-order valence-electron chi connectivity index (χ2n) is 4.56. The minimum absolute atomic E-state index is 0.0426. The van der Waals surface area contributed by atoms with Gasteiger partial charge in [-0.2, -0.15) is 0 Å². The number of nitrogens with two attached hydrogens (primary N) is 1. The number of aromatic nitrogens is 1. The molecule has 0 spiro atoms. The summed E-state index contributed by atoms with van der Waals surface area (Å²) in [6, 6.07) is 12.2. The number of rotatable bonds is 3. The molecule has 3 aromatic rings. The van der Waals surface area contributed by atoms with Gasteiger partial charge in [-0.3, -0.25) is 15.1 Å². The van der Waals surface area contributed by atoms with Gasteiger partial charge in [-0.25, -0.2) is 0 Å². The molecule has 0 saturated carbocycles. The van der Waals surface area contributed by atoms with Crippen molar-refractivity contribution in [3.63, 3.8) is 0 Å². The van der Waals surface area contributed by atoms with Gasteiger partial charge in [-0.1, -0.05) is 0 Å². The summed E-state index contributed by atoms with van der Waals surface area (Å²) >= 11 is 0. The van der Waals surface area contributed by atoms with Crippen LogP contribution in [0.3, 0.4) is 0 Å². The Morgan fingerprint density at radius 3 is 2.52 bits per heavy atom. The van der Waals surface area contributed by atoms with E-state index in [-0.39, 0.29) is 5.69 Å². The molecule has 1 heterocycles. The zero-order valence-electron chi connectivity index (χ0n) is 11.0. The van der Waals surface area contributed by atoms with Gasteiger partial charge in [-0.15, -0.1) is 0 Å². The number of hydrogen-bond donors (Lipinski definition) is 2. The first kappa shape index (κ1) is 12.9. The Morgan fingerprint density at radius 1 is 1.05 bits per heavy atom. The van der Waals surface area contributed by atoms with Gasteiger partial charge >= 0.3 is 0 Å². The molecule has 0 aliphatic heterocycles. The molecule has 0 bridgehead atoms. The maximum absolute atomic E-state index is 11.1. The molecule has 3 rings (SSSR count). The van der Waals surface area contributed by atoms with Crippen LogP contribution in [0.15, 0.2) is 54.9 Å². The molecule has 0 fully saturated rings. The van der Waals surface area contributed by atoms with E-state index in [0.29, 0.717) is 11.1 Å². The average molecular weight is 280 g/mol. The van der Waals surface area contributed by atoms with E-state index in [0.717, 1.165) is 16.8 Å². The number of nitrogens with zero attached hydrogens (tertiary/aromatic N) is 2. The van der Waals surface area contributed by atoms with E-state index >= 15 is 0 Å². The van der Waals surface area contributed by atoms with Crippen LogP contribution in [0.2, 0.25) is 0 Å². The molecule has 0 aliphatic carbocycles. The summed E-state index contributed by atoms with van der Waals surface area (Å²) < 4.78 is 0. The molecule has 21 heavy (non-hydrogen) atoms. The van der Waals surface area contributed by atoms with Crippen LogP contribution in [0.1, 0.15) is 0 Å². The molecular weight excluding hydrogens is 268 g/mol. The zero-order chi connectivity index (χ0) is 14.8. The van der Waals surface area contributed by atoms with Gasteiger partial charge in [0.2, 0.25) is 0 Å². The Bertz CT molecular complexity index is 816. The summed E-state index contributed by atoms with van der Waals surface area (Å²) in [5, 5.41) is 15.5. The zero-order valence-corrected chi connectivity index (χ0v) is 11.0. The van der Waals surface area contributed by atoms with E-state index in [1.807, 2.05) is 12.1 Å². The van der Waals surface area contributed by atoms with Crippen molar-refractivity contribution in [2.75, 3.05) is 11.1 Å². The summed E-state index contributed by atoms with van der Waals surface area (Å²) in [5.74, 6) is 0. The second-order valence-corrected chi connectivity index (χ2v) is 4.56. The highest BCUT2D eigenvalue weighted by Crippen LogP contribution is 2.32. The number of nitrogen functional groups attached to an aromatic ring is 1. The Balaban J connectivity index is 2.09. The van der Waals surface area contributed by atoms with Crippen LogP contribution < -0.4 is 11.1 Å². The predicted molar refractivity (Wildman–Crippen MR) is 82.5 cm³/mol. The first-order chi connectivity index (χ1) is 10.1. The number of nitrogens with one attached hydrogen (secondary N) is 1. The minimum atomic E-state index is -0.406. The average Bonchev–Trinajstić information content (AvgIpc) is 2.49. The lowest BCUT2D eigenvalue weighted by atomic mass is 10.1. The molecule has 104 valence electrons.